The molecule has 0 saturated heterocycles. The highest BCUT2D eigenvalue weighted by atomic mass is 19.3. The minimum atomic E-state index is -2.60. The molecule has 0 N–H and O–H groups in total. The summed E-state index contributed by atoms with van der Waals surface area (Å²) in [6.07, 6.45) is 3.48. The van der Waals surface area contributed by atoms with Crippen molar-refractivity contribution in [2.45, 2.75) is 44.8 Å². The molecule has 0 radical (unpaired) electrons. The molecule has 1 atom stereocenters. The molecule has 1 aromatic rings. The number of carbonyl (C=O) groups is 1. The summed E-state index contributed by atoms with van der Waals surface area (Å²) >= 11 is 0. The Morgan fingerprint density at radius 1 is 1.39 bits per heavy atom. The smallest absolute Gasteiger partial charge is 0.295 e. The minimum Gasteiger partial charge on any atom is -0.442 e. The zero-order chi connectivity index (χ0) is 13.0. The van der Waals surface area contributed by atoms with E-state index in [1.54, 1.807) is 0 Å². The highest BCUT2D eigenvalue weighted by molar-refractivity contribution is 5.37. The zero-order valence-corrected chi connectivity index (χ0v) is 9.97. The van der Waals surface area contributed by atoms with Crippen LogP contribution in [0.3, 0.4) is 0 Å². The lowest BCUT2D eigenvalue weighted by Crippen LogP contribution is -2.24. The van der Waals surface area contributed by atoms with Crippen LogP contribution in [-0.4, -0.2) is 16.3 Å². The molecule has 100 valence electrons. The Hall–Kier alpha value is -1.46. The van der Waals surface area contributed by atoms with Crippen LogP contribution in [0, 0.1) is 5.92 Å². The molecule has 18 heavy (non-hydrogen) atoms. The first-order valence-electron chi connectivity index (χ1n) is 6.14. The predicted molar refractivity (Wildman–Crippen MR) is 59.9 cm³/mol. The molecular weight excluding hydrogens is 242 g/mol. The van der Waals surface area contributed by atoms with Gasteiger partial charge in [-0.3, -0.25) is 4.79 Å². The Balaban J connectivity index is 2.14. The molecular formula is C12H16F2N2O2. The summed E-state index contributed by atoms with van der Waals surface area (Å²) in [5.41, 5.74) is -0.287. The molecule has 0 aliphatic heterocycles. The van der Waals surface area contributed by atoms with Crippen molar-refractivity contribution in [2.75, 3.05) is 0 Å². The third-order valence-electron chi connectivity index (χ3n) is 3.36. The van der Waals surface area contributed by atoms with E-state index in [0.717, 1.165) is 25.7 Å². The van der Waals surface area contributed by atoms with Crippen LogP contribution >= 0.6 is 0 Å². The number of hydrogen-bond acceptors (Lipinski definition) is 3. The second-order valence-electron chi connectivity index (χ2n) is 4.54. The fourth-order valence-electron chi connectivity index (χ4n) is 2.48. The maximum atomic E-state index is 12.5. The molecule has 1 aliphatic carbocycles. The van der Waals surface area contributed by atoms with E-state index in [4.69, 9.17) is 4.74 Å². The molecule has 1 saturated carbocycles. The van der Waals surface area contributed by atoms with E-state index in [0.29, 0.717) is 6.47 Å². The van der Waals surface area contributed by atoms with Crippen molar-refractivity contribution in [3.63, 3.8) is 0 Å². The number of alkyl halides is 2. The Kier molecular flexibility index (Phi) is 4.28. The molecule has 6 heteroatoms. The van der Waals surface area contributed by atoms with Gasteiger partial charge in [-0.1, -0.05) is 19.3 Å². The highest BCUT2D eigenvalue weighted by Crippen LogP contribution is 2.33. The van der Waals surface area contributed by atoms with Crippen LogP contribution in [0.25, 0.3) is 0 Å². The molecule has 1 heterocycles. The quantitative estimate of drug-likeness (QED) is 0.762. The predicted octanol–water partition coefficient (Wildman–Crippen LogP) is 3.07. The van der Waals surface area contributed by atoms with Gasteiger partial charge in [-0.05, 0) is 18.9 Å². The van der Waals surface area contributed by atoms with E-state index in [1.807, 2.05) is 0 Å². The van der Waals surface area contributed by atoms with Crippen molar-refractivity contribution in [3.8, 4) is 0 Å². The summed E-state index contributed by atoms with van der Waals surface area (Å²) in [5, 5.41) is 3.79. The normalized spacial score (nSPS) is 18.8. The van der Waals surface area contributed by atoms with Crippen molar-refractivity contribution < 1.29 is 18.3 Å². The standard InChI is InChI=1S/C12H16F2N2O2/c13-11(14)10-6-7-16(15-10)12(18-8-17)9-4-2-1-3-5-9/h6-9,11-12H,1-5H2. The topological polar surface area (TPSA) is 44.1 Å². The van der Waals surface area contributed by atoms with Gasteiger partial charge in [0.2, 0.25) is 0 Å². The minimum absolute atomic E-state index is 0.161. The number of ether oxygens (including phenoxy) is 1. The lowest BCUT2D eigenvalue weighted by Gasteiger charge is -2.28. The number of rotatable bonds is 5. The average Bonchev–Trinajstić information content (AvgIpc) is 2.86. The molecule has 1 fully saturated rings. The van der Waals surface area contributed by atoms with Gasteiger partial charge < -0.3 is 4.74 Å². The van der Waals surface area contributed by atoms with Gasteiger partial charge in [0.15, 0.2) is 6.23 Å². The number of carbonyl (C=O) groups excluding carboxylic acids is 1. The van der Waals surface area contributed by atoms with E-state index < -0.39 is 12.7 Å². The molecule has 4 nitrogen and oxygen atoms in total. The van der Waals surface area contributed by atoms with Gasteiger partial charge in [0, 0.05) is 12.1 Å². The fraction of sp³-hybridized carbons (Fsp3) is 0.667. The van der Waals surface area contributed by atoms with Gasteiger partial charge in [-0.15, -0.1) is 0 Å². The molecule has 0 bridgehead atoms. The average molecular weight is 258 g/mol. The third kappa shape index (κ3) is 2.86. The van der Waals surface area contributed by atoms with E-state index in [-0.39, 0.29) is 11.6 Å². The maximum absolute atomic E-state index is 12.5. The molecule has 0 spiro atoms. The van der Waals surface area contributed by atoms with Crippen molar-refractivity contribution in [1.82, 2.24) is 9.78 Å². The summed E-state index contributed by atoms with van der Waals surface area (Å²) in [4.78, 5) is 10.6. The maximum Gasteiger partial charge on any atom is 0.295 e. The van der Waals surface area contributed by atoms with E-state index in [9.17, 15) is 13.6 Å². The van der Waals surface area contributed by atoms with Crippen LogP contribution in [0.2, 0.25) is 0 Å². The molecule has 1 aliphatic rings. The second kappa shape index (κ2) is 5.93. The Morgan fingerprint density at radius 2 is 2.11 bits per heavy atom. The van der Waals surface area contributed by atoms with Crippen molar-refractivity contribution in [2.24, 2.45) is 5.92 Å². The second-order valence-corrected chi connectivity index (χ2v) is 4.54. The van der Waals surface area contributed by atoms with Gasteiger partial charge in [0.25, 0.3) is 12.9 Å². The summed E-state index contributed by atoms with van der Waals surface area (Å²) in [6.45, 7) is 0.364. The number of aromatic nitrogens is 2. The molecule has 1 unspecified atom stereocenters. The monoisotopic (exact) mass is 258 g/mol. The van der Waals surface area contributed by atoms with E-state index in [1.165, 1.54) is 23.4 Å². The lowest BCUT2D eigenvalue weighted by atomic mass is 9.88. The largest absolute Gasteiger partial charge is 0.442 e. The summed E-state index contributed by atoms with van der Waals surface area (Å²) in [6, 6.07) is 1.26. The van der Waals surface area contributed by atoms with Crippen molar-refractivity contribution in [1.29, 1.82) is 0 Å². The highest BCUT2D eigenvalue weighted by Gasteiger charge is 2.27. The van der Waals surface area contributed by atoms with Crippen molar-refractivity contribution >= 4 is 6.47 Å². The van der Waals surface area contributed by atoms with Gasteiger partial charge in [0.1, 0.15) is 5.69 Å². The van der Waals surface area contributed by atoms with E-state index >= 15 is 0 Å². The van der Waals surface area contributed by atoms with Crippen LogP contribution in [0.5, 0.6) is 0 Å². The summed E-state index contributed by atoms with van der Waals surface area (Å²) in [7, 11) is 0. The first-order chi connectivity index (χ1) is 8.72. The van der Waals surface area contributed by atoms with Crippen LogP contribution in [0.4, 0.5) is 8.78 Å². The summed E-state index contributed by atoms with van der Waals surface area (Å²) < 4.78 is 31.3. The first-order valence-corrected chi connectivity index (χ1v) is 6.14. The van der Waals surface area contributed by atoms with Gasteiger partial charge >= 0.3 is 0 Å². The lowest BCUT2D eigenvalue weighted by molar-refractivity contribution is -0.144. The Morgan fingerprint density at radius 3 is 2.67 bits per heavy atom. The van der Waals surface area contributed by atoms with E-state index in [2.05, 4.69) is 5.10 Å². The van der Waals surface area contributed by atoms with Crippen LogP contribution in [0.15, 0.2) is 12.3 Å². The summed E-state index contributed by atoms with van der Waals surface area (Å²) in [5.74, 6) is 0.161. The Labute approximate surface area is 104 Å². The van der Waals surface area contributed by atoms with Crippen LogP contribution in [0.1, 0.15) is 50.5 Å². The molecule has 1 aromatic heterocycles. The number of halogens is 2. The number of hydrogen-bond donors (Lipinski definition) is 0. The first kappa shape index (κ1) is 13.0. The zero-order valence-electron chi connectivity index (χ0n) is 9.97. The fourth-order valence-corrected chi connectivity index (χ4v) is 2.48. The van der Waals surface area contributed by atoms with Gasteiger partial charge in [0.05, 0.1) is 0 Å². The van der Waals surface area contributed by atoms with Gasteiger partial charge in [-0.25, -0.2) is 13.5 Å². The van der Waals surface area contributed by atoms with Crippen LogP contribution < -0.4 is 0 Å². The molecule has 0 aromatic carbocycles. The van der Waals surface area contributed by atoms with Gasteiger partial charge in [-0.2, -0.15) is 5.10 Å². The molecule has 0 amide bonds. The Bertz CT molecular complexity index is 389. The van der Waals surface area contributed by atoms with Crippen molar-refractivity contribution in [3.05, 3.63) is 18.0 Å². The third-order valence-corrected chi connectivity index (χ3v) is 3.36. The SMILES string of the molecule is O=COC(C1CCCCC1)n1ccc(C(F)F)n1. The molecule has 2 rings (SSSR count). The van der Waals surface area contributed by atoms with Crippen LogP contribution in [-0.2, 0) is 9.53 Å². The number of nitrogens with zero attached hydrogens (tertiary/aromatic N) is 2.